The van der Waals surface area contributed by atoms with Gasteiger partial charge in [-0.2, -0.15) is 0 Å². The summed E-state index contributed by atoms with van der Waals surface area (Å²) in [5, 5.41) is 13.4. The number of benzene rings is 2. The number of carbonyl (C=O) groups excluding carboxylic acids is 5. The lowest BCUT2D eigenvalue weighted by Gasteiger charge is -2.40. The summed E-state index contributed by atoms with van der Waals surface area (Å²) in [6.45, 7) is 4.22. The van der Waals surface area contributed by atoms with Crippen LogP contribution in [0.3, 0.4) is 0 Å². The van der Waals surface area contributed by atoms with Crippen molar-refractivity contribution in [3.8, 4) is 11.1 Å². The lowest BCUT2D eigenvalue weighted by Crippen LogP contribution is -2.66. The van der Waals surface area contributed by atoms with Gasteiger partial charge in [0.2, 0.25) is 5.72 Å². The Morgan fingerprint density at radius 2 is 1.52 bits per heavy atom. The van der Waals surface area contributed by atoms with E-state index < -0.39 is 47.5 Å². The van der Waals surface area contributed by atoms with E-state index in [9.17, 15) is 29.1 Å². The minimum atomic E-state index is -2.31. The van der Waals surface area contributed by atoms with Crippen LogP contribution in [0.1, 0.15) is 54.3 Å². The second-order valence-corrected chi connectivity index (χ2v) is 10.6. The van der Waals surface area contributed by atoms with E-state index in [4.69, 9.17) is 4.74 Å². The maximum Gasteiger partial charge on any atom is 0.409 e. The predicted octanol–water partition coefficient (Wildman–Crippen LogP) is 3.74. The molecule has 2 aromatic carbocycles. The number of hydrogen-bond donors (Lipinski definition) is 2. The molecule has 2 amide bonds. The minimum Gasteiger partial charge on any atom is -0.456 e. The van der Waals surface area contributed by atoms with Crippen LogP contribution in [0.25, 0.3) is 11.1 Å². The van der Waals surface area contributed by atoms with Crippen molar-refractivity contribution >= 4 is 45.5 Å². The zero-order valence-electron chi connectivity index (χ0n) is 22.9. The number of esters is 1. The van der Waals surface area contributed by atoms with Gasteiger partial charge in [0.25, 0.3) is 5.91 Å². The number of ketones is 2. The first-order chi connectivity index (χ1) is 18.9. The van der Waals surface area contributed by atoms with Crippen molar-refractivity contribution in [3.63, 3.8) is 0 Å². The lowest BCUT2D eigenvalue weighted by molar-refractivity contribution is -0.172. The number of rotatable bonds is 10. The number of Topliss-reactive ketones (excluding diaryl/α,β-unsaturated/α-hetero) is 2. The van der Waals surface area contributed by atoms with Gasteiger partial charge in [-0.15, -0.1) is 0 Å². The molecule has 2 atom stereocenters. The second-order valence-electron chi connectivity index (χ2n) is 10.1. The molecule has 0 aliphatic carbocycles. The topological polar surface area (TPSA) is 139 Å². The van der Waals surface area contributed by atoms with Crippen LogP contribution in [0.2, 0.25) is 0 Å². The largest absolute Gasteiger partial charge is 0.456 e. The Bertz CT molecular complexity index is 1280. The van der Waals surface area contributed by atoms with E-state index in [1.54, 1.807) is 50.2 Å². The fraction of sp³-hybridized carbons (Fsp3) is 0.414. The molecule has 0 spiro atoms. The molecule has 0 saturated carbocycles. The molecule has 1 fully saturated rings. The highest BCUT2D eigenvalue weighted by atomic mass is 79.9. The highest BCUT2D eigenvalue weighted by Gasteiger charge is 2.54. The van der Waals surface area contributed by atoms with Crippen LogP contribution in [0.4, 0.5) is 4.79 Å². The van der Waals surface area contributed by atoms with E-state index in [2.05, 4.69) is 26.0 Å². The number of aliphatic hydroxyl groups is 1. The summed E-state index contributed by atoms with van der Waals surface area (Å²) in [5.41, 5.74) is -1.09. The fourth-order valence-electron chi connectivity index (χ4n) is 4.50. The molecule has 2 N–H and O–H groups in total. The maximum atomic E-state index is 13.4. The first-order valence-electron chi connectivity index (χ1n) is 12.8. The Morgan fingerprint density at radius 3 is 2.00 bits per heavy atom. The smallest absolute Gasteiger partial charge is 0.409 e. The van der Waals surface area contributed by atoms with Crippen LogP contribution in [-0.2, 0) is 19.1 Å². The van der Waals surface area contributed by atoms with E-state index in [0.717, 1.165) is 18.2 Å². The molecule has 2 aromatic rings. The molecule has 1 saturated heterocycles. The summed E-state index contributed by atoms with van der Waals surface area (Å²) in [5.74, 6) is -2.83. The van der Waals surface area contributed by atoms with Crippen LogP contribution in [0.15, 0.2) is 48.5 Å². The molecule has 10 nitrogen and oxygen atoms in total. The Hall–Kier alpha value is -3.57. The van der Waals surface area contributed by atoms with Crippen molar-refractivity contribution in [2.45, 2.75) is 44.9 Å². The van der Waals surface area contributed by atoms with Crippen molar-refractivity contribution < 1.29 is 38.6 Å². The number of halogens is 1. The third-order valence-electron chi connectivity index (χ3n) is 7.17. The number of nitrogens with one attached hydrogen (secondary N) is 1. The average molecular weight is 617 g/mol. The number of hydrogen-bond acceptors (Lipinski definition) is 8. The molecule has 1 heterocycles. The van der Waals surface area contributed by atoms with E-state index in [0.29, 0.717) is 17.5 Å². The van der Waals surface area contributed by atoms with Gasteiger partial charge in [-0.25, -0.2) is 9.59 Å². The molecule has 214 valence electrons. The summed E-state index contributed by atoms with van der Waals surface area (Å²) in [7, 11) is 1.11. The second kappa shape index (κ2) is 12.7. The van der Waals surface area contributed by atoms with Crippen LogP contribution in [0, 0.1) is 5.92 Å². The number of nitrogens with zero attached hydrogens (tertiary/aromatic N) is 1. The van der Waals surface area contributed by atoms with E-state index in [1.165, 1.54) is 11.8 Å². The Kier molecular flexibility index (Phi) is 9.86. The van der Waals surface area contributed by atoms with E-state index in [1.807, 2.05) is 12.1 Å². The van der Waals surface area contributed by atoms with Crippen molar-refractivity contribution in [2.75, 3.05) is 25.6 Å². The summed E-state index contributed by atoms with van der Waals surface area (Å²) >= 11 is 3.15. The molecule has 0 unspecified atom stereocenters. The number of alkyl carbamates (subject to hydrolysis) is 1. The Labute approximate surface area is 241 Å². The van der Waals surface area contributed by atoms with Crippen molar-refractivity contribution in [2.24, 2.45) is 5.92 Å². The van der Waals surface area contributed by atoms with Gasteiger partial charge >= 0.3 is 12.1 Å². The minimum absolute atomic E-state index is 0.0190. The molecule has 0 radical (unpaired) electrons. The van der Waals surface area contributed by atoms with Crippen LogP contribution in [-0.4, -0.2) is 76.4 Å². The van der Waals surface area contributed by atoms with Gasteiger partial charge in [0.1, 0.15) is 5.54 Å². The number of carbonyl (C=O) groups is 5. The van der Waals surface area contributed by atoms with E-state index >= 15 is 0 Å². The molecular formula is C29H33BrN2O8. The quantitative estimate of drug-likeness (QED) is 0.178. The fourth-order valence-corrected chi connectivity index (χ4v) is 4.83. The Balaban J connectivity index is 1.67. The van der Waals surface area contributed by atoms with Crippen LogP contribution < -0.4 is 5.32 Å². The molecule has 3 rings (SSSR count). The third kappa shape index (κ3) is 6.42. The number of amides is 2. The van der Waals surface area contributed by atoms with Gasteiger partial charge in [0, 0.05) is 23.6 Å². The van der Waals surface area contributed by atoms with Gasteiger partial charge in [0.15, 0.2) is 18.2 Å². The normalized spacial score (nSPS) is 18.1. The number of methoxy groups -OCH3 is 1. The van der Waals surface area contributed by atoms with Crippen LogP contribution >= 0.6 is 15.9 Å². The number of likely N-dealkylation sites (tertiary alicyclic amines) is 1. The van der Waals surface area contributed by atoms with Crippen LogP contribution in [0.5, 0.6) is 0 Å². The maximum absolute atomic E-state index is 13.4. The number of ether oxygens (including phenoxy) is 2. The van der Waals surface area contributed by atoms with Gasteiger partial charge in [0.05, 0.1) is 12.4 Å². The third-order valence-corrected chi connectivity index (χ3v) is 7.68. The number of alkyl halides is 1. The average Bonchev–Trinajstić information content (AvgIpc) is 3.37. The molecule has 1 aliphatic rings. The Morgan fingerprint density at radius 1 is 1.00 bits per heavy atom. The van der Waals surface area contributed by atoms with Gasteiger partial charge < -0.3 is 19.5 Å². The highest BCUT2D eigenvalue weighted by molar-refractivity contribution is 9.09. The first kappa shape index (κ1) is 31.0. The summed E-state index contributed by atoms with van der Waals surface area (Å²) < 4.78 is 9.89. The highest BCUT2D eigenvalue weighted by Crippen LogP contribution is 2.34. The molecule has 1 aliphatic heterocycles. The zero-order chi connectivity index (χ0) is 29.7. The van der Waals surface area contributed by atoms with Gasteiger partial charge in [-0.1, -0.05) is 78.3 Å². The van der Waals surface area contributed by atoms with Gasteiger partial charge in [-0.05, 0) is 30.9 Å². The molecular weight excluding hydrogens is 584 g/mol. The lowest BCUT2D eigenvalue weighted by atomic mass is 9.94. The standard InChI is InChI=1S/C29H33BrN2O8/c1-18(2)29(38,31-27(37)39-4)25(35)32-15-5-14-28(32,3)26(36)40-17-24(34)22-12-8-20(9-13-22)19-6-10-21(11-7-19)23(33)16-30/h6-13,18,38H,5,14-17H2,1-4H3,(H,31,37)/t28-,29+/m1/s1. The molecule has 0 aromatic heterocycles. The molecule has 40 heavy (non-hydrogen) atoms. The van der Waals surface area contributed by atoms with E-state index in [-0.39, 0.29) is 24.1 Å². The van der Waals surface area contributed by atoms with Crippen molar-refractivity contribution in [1.29, 1.82) is 0 Å². The van der Waals surface area contributed by atoms with Crippen molar-refractivity contribution in [3.05, 3.63) is 59.7 Å². The predicted molar refractivity (Wildman–Crippen MR) is 150 cm³/mol. The summed E-state index contributed by atoms with van der Waals surface area (Å²) in [4.78, 5) is 64.1. The zero-order valence-corrected chi connectivity index (χ0v) is 24.4. The first-order valence-corrected chi connectivity index (χ1v) is 13.9. The molecule has 11 heteroatoms. The molecule has 0 bridgehead atoms. The monoisotopic (exact) mass is 616 g/mol. The summed E-state index contributed by atoms with van der Waals surface area (Å²) in [6, 6.07) is 13.9. The van der Waals surface area contributed by atoms with Crippen molar-refractivity contribution in [1.82, 2.24) is 10.2 Å². The van der Waals surface area contributed by atoms with Gasteiger partial charge in [-0.3, -0.25) is 19.7 Å². The summed E-state index contributed by atoms with van der Waals surface area (Å²) in [6.07, 6.45) is -0.275. The SMILES string of the molecule is COC(=O)N[C@@](O)(C(=O)N1CCC[C@]1(C)C(=O)OCC(=O)c1ccc(-c2ccc(C(=O)CBr)cc2)cc1)C(C)C.